The van der Waals surface area contributed by atoms with Gasteiger partial charge in [0, 0.05) is 16.9 Å². The normalized spacial score (nSPS) is 10.3. The van der Waals surface area contributed by atoms with Crippen LogP contribution in [0.4, 0.5) is 11.4 Å². The van der Waals surface area contributed by atoms with E-state index < -0.39 is 0 Å². The Morgan fingerprint density at radius 2 is 1.58 bits per heavy atom. The molecular weight excluding hydrogens is 416 g/mol. The van der Waals surface area contributed by atoms with Crippen LogP contribution in [-0.2, 0) is 11.2 Å². The molecule has 0 fully saturated rings. The van der Waals surface area contributed by atoms with Crippen LogP contribution < -0.4 is 20.1 Å². The fourth-order valence-electron chi connectivity index (χ4n) is 2.82. The van der Waals surface area contributed by atoms with Gasteiger partial charge in [-0.25, -0.2) is 0 Å². The van der Waals surface area contributed by atoms with Gasteiger partial charge in [0.15, 0.2) is 6.61 Å². The molecule has 31 heavy (non-hydrogen) atoms. The molecule has 2 N–H and O–H groups in total. The Hall–Kier alpha value is -3.51. The van der Waals surface area contributed by atoms with Gasteiger partial charge >= 0.3 is 0 Å². The lowest BCUT2D eigenvalue weighted by Gasteiger charge is -2.10. The predicted molar refractivity (Wildman–Crippen MR) is 122 cm³/mol. The zero-order valence-corrected chi connectivity index (χ0v) is 18.0. The van der Waals surface area contributed by atoms with Gasteiger partial charge < -0.3 is 20.1 Å². The average Bonchev–Trinajstić information content (AvgIpc) is 2.78. The summed E-state index contributed by atoms with van der Waals surface area (Å²) in [6.07, 6.45) is 0.944. The molecule has 0 bridgehead atoms. The molecule has 2 amide bonds. The SMILES string of the molecule is CCc1ccc(NC(=O)COc2ccc(C(=O)Nc3ccc(OC)c(Cl)c3)cc2)cc1. The fourth-order valence-corrected chi connectivity index (χ4v) is 3.08. The molecule has 0 aromatic heterocycles. The van der Waals surface area contributed by atoms with Gasteiger partial charge in [0.2, 0.25) is 0 Å². The second-order valence-electron chi connectivity index (χ2n) is 6.72. The number of benzene rings is 3. The molecule has 0 spiro atoms. The van der Waals surface area contributed by atoms with Crippen LogP contribution in [0.2, 0.25) is 5.02 Å². The Balaban J connectivity index is 1.51. The van der Waals surface area contributed by atoms with Crippen molar-refractivity contribution in [1.29, 1.82) is 0 Å². The third-order valence-corrected chi connectivity index (χ3v) is 4.84. The largest absolute Gasteiger partial charge is 0.495 e. The highest BCUT2D eigenvalue weighted by Gasteiger charge is 2.09. The summed E-state index contributed by atoms with van der Waals surface area (Å²) < 4.78 is 10.6. The number of nitrogens with one attached hydrogen (secondary N) is 2. The molecule has 0 unspecified atom stereocenters. The highest BCUT2D eigenvalue weighted by Crippen LogP contribution is 2.27. The number of ether oxygens (including phenoxy) is 2. The summed E-state index contributed by atoms with van der Waals surface area (Å²) in [6.45, 7) is 1.94. The van der Waals surface area contributed by atoms with Gasteiger partial charge in [0.1, 0.15) is 11.5 Å². The third kappa shape index (κ3) is 6.23. The number of halogens is 1. The number of hydrogen-bond donors (Lipinski definition) is 2. The molecule has 0 atom stereocenters. The minimum Gasteiger partial charge on any atom is -0.495 e. The molecule has 0 saturated carbocycles. The van der Waals surface area contributed by atoms with E-state index in [9.17, 15) is 9.59 Å². The average molecular weight is 439 g/mol. The topological polar surface area (TPSA) is 76.7 Å². The van der Waals surface area contributed by atoms with E-state index in [-0.39, 0.29) is 18.4 Å². The number of methoxy groups -OCH3 is 1. The molecule has 3 aromatic carbocycles. The van der Waals surface area contributed by atoms with E-state index in [1.807, 2.05) is 24.3 Å². The van der Waals surface area contributed by atoms with E-state index in [2.05, 4.69) is 17.6 Å². The van der Waals surface area contributed by atoms with Crippen LogP contribution in [0.1, 0.15) is 22.8 Å². The maximum atomic E-state index is 12.4. The van der Waals surface area contributed by atoms with Gasteiger partial charge in [-0.2, -0.15) is 0 Å². The van der Waals surface area contributed by atoms with Crippen molar-refractivity contribution in [2.75, 3.05) is 24.4 Å². The summed E-state index contributed by atoms with van der Waals surface area (Å²) in [4.78, 5) is 24.5. The van der Waals surface area contributed by atoms with Gasteiger partial charge in [-0.3, -0.25) is 9.59 Å². The minimum absolute atomic E-state index is 0.134. The van der Waals surface area contributed by atoms with Crippen LogP contribution in [0, 0.1) is 0 Å². The zero-order valence-electron chi connectivity index (χ0n) is 17.3. The quantitative estimate of drug-likeness (QED) is 0.508. The standard InChI is InChI=1S/C24H23ClN2O4/c1-3-16-4-8-18(9-5-16)26-23(28)15-31-20-11-6-17(7-12-20)24(29)27-19-10-13-22(30-2)21(25)14-19/h4-14H,3,15H2,1-2H3,(H,26,28)(H,27,29). The summed E-state index contributed by atoms with van der Waals surface area (Å²) in [7, 11) is 1.52. The van der Waals surface area contributed by atoms with Crippen LogP contribution in [0.3, 0.4) is 0 Å². The Labute approximate surface area is 186 Å². The van der Waals surface area contributed by atoms with Crippen LogP contribution in [0.15, 0.2) is 66.7 Å². The highest BCUT2D eigenvalue weighted by molar-refractivity contribution is 6.32. The maximum absolute atomic E-state index is 12.4. The van der Waals surface area contributed by atoms with Crippen LogP contribution in [-0.4, -0.2) is 25.5 Å². The molecule has 3 rings (SSSR count). The first-order chi connectivity index (χ1) is 15.0. The first kappa shape index (κ1) is 22.2. The second-order valence-corrected chi connectivity index (χ2v) is 7.12. The Kier molecular flexibility index (Phi) is 7.51. The van der Waals surface area contributed by atoms with E-state index >= 15 is 0 Å². The molecule has 0 aliphatic heterocycles. The Morgan fingerprint density at radius 1 is 0.903 bits per heavy atom. The van der Waals surface area contributed by atoms with Gasteiger partial charge in [0.25, 0.3) is 11.8 Å². The number of hydrogen-bond acceptors (Lipinski definition) is 4. The smallest absolute Gasteiger partial charge is 0.262 e. The summed E-state index contributed by atoms with van der Waals surface area (Å²) in [6, 6.07) is 19.2. The van der Waals surface area contributed by atoms with Gasteiger partial charge in [0.05, 0.1) is 12.1 Å². The van der Waals surface area contributed by atoms with Crippen molar-refractivity contribution in [3.8, 4) is 11.5 Å². The number of rotatable bonds is 8. The number of aryl methyl sites for hydroxylation is 1. The van der Waals surface area contributed by atoms with E-state index in [0.29, 0.717) is 27.8 Å². The summed E-state index contributed by atoms with van der Waals surface area (Å²) >= 11 is 6.08. The second kappa shape index (κ2) is 10.5. The molecule has 0 aliphatic rings. The molecule has 0 heterocycles. The van der Waals surface area contributed by atoms with Crippen molar-refractivity contribution < 1.29 is 19.1 Å². The third-order valence-electron chi connectivity index (χ3n) is 4.54. The Bertz CT molecular complexity index is 1050. The van der Waals surface area contributed by atoms with E-state index in [1.54, 1.807) is 42.5 Å². The van der Waals surface area contributed by atoms with Crippen molar-refractivity contribution in [3.63, 3.8) is 0 Å². The minimum atomic E-state index is -0.291. The van der Waals surface area contributed by atoms with Crippen molar-refractivity contribution in [2.45, 2.75) is 13.3 Å². The first-order valence-corrected chi connectivity index (χ1v) is 10.1. The van der Waals surface area contributed by atoms with E-state index in [1.165, 1.54) is 12.7 Å². The lowest BCUT2D eigenvalue weighted by Crippen LogP contribution is -2.20. The molecule has 0 aliphatic carbocycles. The van der Waals surface area contributed by atoms with Gasteiger partial charge in [-0.15, -0.1) is 0 Å². The van der Waals surface area contributed by atoms with Crippen molar-refractivity contribution in [1.82, 2.24) is 0 Å². The molecule has 6 nitrogen and oxygen atoms in total. The van der Waals surface area contributed by atoms with Gasteiger partial charge in [-0.05, 0) is 66.6 Å². The van der Waals surface area contributed by atoms with E-state index in [0.717, 1.165) is 12.1 Å². The molecule has 160 valence electrons. The Morgan fingerprint density at radius 3 is 2.19 bits per heavy atom. The molecule has 3 aromatic rings. The molecule has 0 saturated heterocycles. The fraction of sp³-hybridized carbons (Fsp3) is 0.167. The van der Waals surface area contributed by atoms with Crippen LogP contribution in [0.5, 0.6) is 11.5 Å². The first-order valence-electron chi connectivity index (χ1n) is 9.75. The highest BCUT2D eigenvalue weighted by atomic mass is 35.5. The molecule has 0 radical (unpaired) electrons. The molecule has 7 heteroatoms. The number of carbonyl (C=O) groups is 2. The van der Waals surface area contributed by atoms with Crippen molar-refractivity contribution >= 4 is 34.8 Å². The lowest BCUT2D eigenvalue weighted by atomic mass is 10.1. The maximum Gasteiger partial charge on any atom is 0.262 e. The van der Waals surface area contributed by atoms with Crippen LogP contribution in [0.25, 0.3) is 0 Å². The summed E-state index contributed by atoms with van der Waals surface area (Å²) in [5.41, 5.74) is 2.92. The number of carbonyl (C=O) groups excluding carboxylic acids is 2. The van der Waals surface area contributed by atoms with Crippen molar-refractivity contribution in [3.05, 3.63) is 82.9 Å². The number of anilines is 2. The summed E-state index contributed by atoms with van der Waals surface area (Å²) in [5.74, 6) is 0.465. The monoisotopic (exact) mass is 438 g/mol. The number of amides is 2. The van der Waals surface area contributed by atoms with Gasteiger partial charge in [-0.1, -0.05) is 30.7 Å². The lowest BCUT2D eigenvalue weighted by molar-refractivity contribution is -0.118. The molecular formula is C24H23ClN2O4. The van der Waals surface area contributed by atoms with Crippen molar-refractivity contribution in [2.24, 2.45) is 0 Å². The predicted octanol–water partition coefficient (Wildman–Crippen LogP) is 5.18. The van der Waals surface area contributed by atoms with Crippen LogP contribution >= 0.6 is 11.6 Å². The zero-order chi connectivity index (χ0) is 22.2. The van der Waals surface area contributed by atoms with E-state index in [4.69, 9.17) is 21.1 Å². The summed E-state index contributed by atoms with van der Waals surface area (Å²) in [5, 5.41) is 5.96.